The lowest BCUT2D eigenvalue weighted by Crippen LogP contribution is -2.19. The molecule has 1 amide bonds. The molecule has 0 aliphatic heterocycles. The van der Waals surface area contributed by atoms with Crippen molar-refractivity contribution < 1.29 is 18.0 Å². The highest BCUT2D eigenvalue weighted by Gasteiger charge is 2.31. The van der Waals surface area contributed by atoms with Crippen LogP contribution in [0.4, 0.5) is 18.9 Å². The molecule has 0 radical (unpaired) electrons. The second kappa shape index (κ2) is 6.38. The summed E-state index contributed by atoms with van der Waals surface area (Å²) >= 11 is 2.99. The van der Waals surface area contributed by atoms with Gasteiger partial charge in [-0.15, -0.1) is 0 Å². The molecule has 0 saturated carbocycles. The Hall–Kier alpha value is -1.08. The molecule has 0 fully saturated rings. The molecule has 0 heterocycles. The summed E-state index contributed by atoms with van der Waals surface area (Å²) in [7, 11) is 0. The first kappa shape index (κ1) is 16.0. The van der Waals surface area contributed by atoms with Crippen molar-refractivity contribution in [1.29, 1.82) is 0 Å². The van der Waals surface area contributed by atoms with Crippen molar-refractivity contribution in [3.8, 4) is 0 Å². The lowest BCUT2D eigenvalue weighted by molar-refractivity contribution is -0.137. The number of nitrogens with one attached hydrogen (secondary N) is 1. The van der Waals surface area contributed by atoms with Crippen LogP contribution in [0.25, 0.3) is 0 Å². The van der Waals surface area contributed by atoms with E-state index >= 15 is 0 Å². The van der Waals surface area contributed by atoms with E-state index in [2.05, 4.69) is 21.2 Å². The van der Waals surface area contributed by atoms with E-state index in [1.165, 1.54) is 6.07 Å². The highest BCUT2D eigenvalue weighted by molar-refractivity contribution is 9.10. The van der Waals surface area contributed by atoms with E-state index in [1.54, 1.807) is 6.92 Å². The first-order valence-electron chi connectivity index (χ1n) is 5.61. The summed E-state index contributed by atoms with van der Waals surface area (Å²) in [6.45, 7) is 1.76. The smallest absolute Gasteiger partial charge is 0.328 e. The number of carbonyl (C=O) groups excluding carboxylic acids is 1. The van der Waals surface area contributed by atoms with E-state index in [0.29, 0.717) is 6.42 Å². The number of hydrogen-bond donors (Lipinski definition) is 2. The second-order valence-electron chi connectivity index (χ2n) is 4.29. The molecule has 0 aromatic heterocycles. The SMILES string of the molecule is CC(N)CCC(=O)Nc1cc(Br)cc(C(F)(F)F)c1. The number of benzene rings is 1. The van der Waals surface area contributed by atoms with Crippen LogP contribution in [0.1, 0.15) is 25.3 Å². The average molecular weight is 339 g/mol. The summed E-state index contributed by atoms with van der Waals surface area (Å²) < 4.78 is 38.0. The van der Waals surface area contributed by atoms with E-state index < -0.39 is 11.7 Å². The molecular weight excluding hydrogens is 325 g/mol. The van der Waals surface area contributed by atoms with Crippen LogP contribution in [-0.4, -0.2) is 11.9 Å². The molecule has 1 unspecified atom stereocenters. The van der Waals surface area contributed by atoms with Crippen LogP contribution in [0, 0.1) is 0 Å². The van der Waals surface area contributed by atoms with Gasteiger partial charge in [-0.25, -0.2) is 0 Å². The molecule has 1 atom stereocenters. The van der Waals surface area contributed by atoms with Crippen LogP contribution >= 0.6 is 15.9 Å². The van der Waals surface area contributed by atoms with Crippen molar-refractivity contribution in [3.05, 3.63) is 28.2 Å². The minimum absolute atomic E-state index is 0.108. The first-order chi connectivity index (χ1) is 8.68. The van der Waals surface area contributed by atoms with Crippen molar-refractivity contribution in [3.63, 3.8) is 0 Å². The minimum Gasteiger partial charge on any atom is -0.328 e. The molecule has 1 rings (SSSR count). The molecular formula is C12H14BrF3N2O. The molecule has 106 valence electrons. The number of anilines is 1. The summed E-state index contributed by atoms with van der Waals surface area (Å²) in [4.78, 5) is 11.5. The van der Waals surface area contributed by atoms with Gasteiger partial charge in [0, 0.05) is 22.6 Å². The Morgan fingerprint density at radius 1 is 1.42 bits per heavy atom. The fraction of sp³-hybridized carbons (Fsp3) is 0.417. The molecule has 19 heavy (non-hydrogen) atoms. The number of halogens is 4. The van der Waals surface area contributed by atoms with Gasteiger partial charge in [0.2, 0.25) is 5.91 Å². The van der Waals surface area contributed by atoms with Crippen molar-refractivity contribution in [2.45, 2.75) is 32.0 Å². The number of nitrogens with two attached hydrogens (primary N) is 1. The van der Waals surface area contributed by atoms with E-state index in [9.17, 15) is 18.0 Å². The zero-order valence-electron chi connectivity index (χ0n) is 10.2. The third-order valence-corrected chi connectivity index (χ3v) is 2.79. The zero-order chi connectivity index (χ0) is 14.6. The molecule has 1 aromatic rings. The fourth-order valence-electron chi connectivity index (χ4n) is 1.41. The maximum Gasteiger partial charge on any atom is 0.416 e. The molecule has 0 aliphatic carbocycles. The van der Waals surface area contributed by atoms with E-state index in [0.717, 1.165) is 12.1 Å². The third-order valence-electron chi connectivity index (χ3n) is 2.34. The van der Waals surface area contributed by atoms with Gasteiger partial charge in [0.25, 0.3) is 0 Å². The Labute approximate surface area is 117 Å². The van der Waals surface area contributed by atoms with Gasteiger partial charge < -0.3 is 11.1 Å². The predicted octanol–water partition coefficient (Wildman–Crippen LogP) is 3.53. The Balaban J connectivity index is 2.79. The average Bonchev–Trinajstić information content (AvgIpc) is 2.24. The van der Waals surface area contributed by atoms with Crippen molar-refractivity contribution >= 4 is 27.5 Å². The molecule has 1 aromatic carbocycles. The van der Waals surface area contributed by atoms with Gasteiger partial charge in [-0.3, -0.25) is 4.79 Å². The van der Waals surface area contributed by atoms with Gasteiger partial charge in [0.1, 0.15) is 0 Å². The van der Waals surface area contributed by atoms with Crippen LogP contribution in [-0.2, 0) is 11.0 Å². The molecule has 0 saturated heterocycles. The molecule has 3 N–H and O–H groups in total. The lowest BCUT2D eigenvalue weighted by Gasteiger charge is -2.11. The zero-order valence-corrected chi connectivity index (χ0v) is 11.8. The number of alkyl halides is 3. The van der Waals surface area contributed by atoms with Crippen molar-refractivity contribution in [2.24, 2.45) is 5.73 Å². The Morgan fingerprint density at radius 2 is 2.05 bits per heavy atom. The Kier molecular flexibility index (Phi) is 5.37. The van der Waals surface area contributed by atoms with Crippen molar-refractivity contribution in [1.82, 2.24) is 0 Å². The fourth-order valence-corrected chi connectivity index (χ4v) is 1.90. The van der Waals surface area contributed by atoms with Gasteiger partial charge in [-0.05, 0) is 31.5 Å². The number of amides is 1. The Morgan fingerprint density at radius 3 is 2.58 bits per heavy atom. The lowest BCUT2D eigenvalue weighted by atomic mass is 10.1. The Bertz CT molecular complexity index is 461. The summed E-state index contributed by atoms with van der Waals surface area (Å²) in [5, 5.41) is 2.43. The first-order valence-corrected chi connectivity index (χ1v) is 6.41. The number of carbonyl (C=O) groups is 1. The van der Waals surface area contributed by atoms with Crippen LogP contribution < -0.4 is 11.1 Å². The van der Waals surface area contributed by atoms with Gasteiger partial charge in [-0.2, -0.15) is 13.2 Å². The van der Waals surface area contributed by atoms with E-state index in [1.807, 2.05) is 0 Å². The highest BCUT2D eigenvalue weighted by atomic mass is 79.9. The van der Waals surface area contributed by atoms with Crippen LogP contribution in [0.15, 0.2) is 22.7 Å². The van der Waals surface area contributed by atoms with Crippen LogP contribution in [0.2, 0.25) is 0 Å². The summed E-state index contributed by atoms with van der Waals surface area (Å²) in [5.74, 6) is -0.358. The van der Waals surface area contributed by atoms with Crippen LogP contribution in [0.5, 0.6) is 0 Å². The summed E-state index contributed by atoms with van der Waals surface area (Å²) in [6, 6.07) is 3.14. The summed E-state index contributed by atoms with van der Waals surface area (Å²) in [6.07, 6.45) is -3.80. The summed E-state index contributed by atoms with van der Waals surface area (Å²) in [5.41, 5.74) is 4.80. The number of hydrogen-bond acceptors (Lipinski definition) is 2. The standard InChI is InChI=1S/C12H14BrF3N2O/c1-7(17)2-3-11(19)18-10-5-8(12(14,15)16)4-9(13)6-10/h4-7H,2-3,17H2,1H3,(H,18,19). The van der Waals surface area contributed by atoms with Crippen molar-refractivity contribution in [2.75, 3.05) is 5.32 Å². The molecule has 0 aliphatic rings. The maximum absolute atomic E-state index is 12.6. The highest BCUT2D eigenvalue weighted by Crippen LogP contribution is 2.33. The van der Waals surface area contributed by atoms with Gasteiger partial charge in [0.15, 0.2) is 0 Å². The van der Waals surface area contributed by atoms with Gasteiger partial charge in [-0.1, -0.05) is 15.9 Å². The third kappa shape index (κ3) is 5.61. The monoisotopic (exact) mass is 338 g/mol. The van der Waals surface area contributed by atoms with Gasteiger partial charge in [0.05, 0.1) is 5.56 Å². The molecule has 7 heteroatoms. The van der Waals surface area contributed by atoms with Gasteiger partial charge >= 0.3 is 6.18 Å². The predicted molar refractivity (Wildman–Crippen MR) is 70.7 cm³/mol. The molecule has 0 spiro atoms. The second-order valence-corrected chi connectivity index (χ2v) is 5.21. The normalized spacial score (nSPS) is 13.2. The van der Waals surface area contributed by atoms with E-state index in [-0.39, 0.29) is 28.5 Å². The quantitative estimate of drug-likeness (QED) is 0.882. The molecule has 3 nitrogen and oxygen atoms in total. The molecule has 0 bridgehead atoms. The topological polar surface area (TPSA) is 55.1 Å². The number of rotatable bonds is 4. The minimum atomic E-state index is -4.45. The van der Waals surface area contributed by atoms with Crippen LogP contribution in [0.3, 0.4) is 0 Å². The van der Waals surface area contributed by atoms with E-state index in [4.69, 9.17) is 5.73 Å². The largest absolute Gasteiger partial charge is 0.416 e. The maximum atomic E-state index is 12.6.